The SMILES string of the molecule is CCC(C)[P+](O)(O)O. The third kappa shape index (κ3) is 2.58. The molecule has 3 N–H and O–H groups in total. The predicted molar refractivity (Wildman–Crippen MR) is 33.3 cm³/mol. The molecule has 3 nitrogen and oxygen atoms in total. The molecule has 0 bridgehead atoms. The van der Waals surface area contributed by atoms with Crippen LogP contribution in [-0.4, -0.2) is 20.3 Å². The first kappa shape index (κ1) is 8.31. The summed E-state index contributed by atoms with van der Waals surface area (Å²) in [6, 6.07) is 0. The molecule has 0 spiro atoms. The van der Waals surface area contributed by atoms with Crippen molar-refractivity contribution < 1.29 is 14.7 Å². The minimum atomic E-state index is -3.51. The van der Waals surface area contributed by atoms with E-state index in [2.05, 4.69) is 0 Å². The van der Waals surface area contributed by atoms with Crippen LogP contribution in [0.1, 0.15) is 20.3 Å². The quantitative estimate of drug-likeness (QED) is 0.489. The first-order valence-corrected chi connectivity index (χ1v) is 4.27. The monoisotopic (exact) mass is 139 g/mol. The van der Waals surface area contributed by atoms with Crippen molar-refractivity contribution in [2.45, 2.75) is 25.9 Å². The van der Waals surface area contributed by atoms with E-state index in [9.17, 15) is 0 Å². The van der Waals surface area contributed by atoms with Gasteiger partial charge in [-0.3, -0.25) is 0 Å². The third-order valence-corrected chi connectivity index (χ3v) is 2.73. The summed E-state index contributed by atoms with van der Waals surface area (Å²) in [6.07, 6.45) is 0.595. The van der Waals surface area contributed by atoms with Crippen LogP contribution in [0.15, 0.2) is 0 Å². The van der Waals surface area contributed by atoms with Crippen molar-refractivity contribution in [1.82, 2.24) is 0 Å². The van der Waals surface area contributed by atoms with Crippen LogP contribution in [0.25, 0.3) is 0 Å². The van der Waals surface area contributed by atoms with Crippen molar-refractivity contribution in [1.29, 1.82) is 0 Å². The maximum absolute atomic E-state index is 8.51. The molecule has 4 heteroatoms. The zero-order valence-corrected chi connectivity index (χ0v) is 5.97. The summed E-state index contributed by atoms with van der Waals surface area (Å²) in [5, 5.41) is 0. The van der Waals surface area contributed by atoms with Crippen molar-refractivity contribution in [3.8, 4) is 0 Å². The van der Waals surface area contributed by atoms with Crippen LogP contribution in [0.2, 0.25) is 0 Å². The lowest BCUT2D eigenvalue weighted by atomic mass is 10.4. The maximum Gasteiger partial charge on any atom is 0.406 e. The van der Waals surface area contributed by atoms with E-state index in [1.54, 1.807) is 13.8 Å². The molecule has 0 aliphatic heterocycles. The summed E-state index contributed by atoms with van der Waals surface area (Å²) in [7, 11) is -3.51. The van der Waals surface area contributed by atoms with E-state index in [1.807, 2.05) is 0 Å². The van der Waals surface area contributed by atoms with E-state index >= 15 is 0 Å². The summed E-state index contributed by atoms with van der Waals surface area (Å²) in [4.78, 5) is 25.5. The second-order valence-electron chi connectivity index (χ2n) is 1.87. The van der Waals surface area contributed by atoms with Gasteiger partial charge in [-0.25, -0.2) is 0 Å². The van der Waals surface area contributed by atoms with Crippen LogP contribution < -0.4 is 0 Å². The van der Waals surface area contributed by atoms with Crippen LogP contribution in [-0.2, 0) is 0 Å². The normalized spacial score (nSPS) is 16.1. The molecular formula is C4H12O3P+. The van der Waals surface area contributed by atoms with E-state index in [1.165, 1.54) is 0 Å². The van der Waals surface area contributed by atoms with Gasteiger partial charge in [-0.05, 0) is 13.3 Å². The summed E-state index contributed by atoms with van der Waals surface area (Å²) in [5.74, 6) is 0. The van der Waals surface area contributed by atoms with Gasteiger partial charge in [-0.1, -0.05) is 6.92 Å². The fourth-order valence-electron chi connectivity index (χ4n) is 0.245. The van der Waals surface area contributed by atoms with Crippen LogP contribution in [0.3, 0.4) is 0 Å². The Morgan fingerprint density at radius 1 is 1.38 bits per heavy atom. The minimum absolute atomic E-state index is 0.373. The largest absolute Gasteiger partial charge is 0.406 e. The maximum atomic E-state index is 8.51. The van der Waals surface area contributed by atoms with E-state index in [4.69, 9.17) is 14.7 Å². The van der Waals surface area contributed by atoms with Gasteiger partial charge in [-0.15, -0.1) is 0 Å². The van der Waals surface area contributed by atoms with Gasteiger partial charge in [0.1, 0.15) is 5.66 Å². The third-order valence-electron chi connectivity index (χ3n) is 1.18. The van der Waals surface area contributed by atoms with Gasteiger partial charge in [0.25, 0.3) is 0 Å². The summed E-state index contributed by atoms with van der Waals surface area (Å²) < 4.78 is 0. The fourth-order valence-corrected chi connectivity index (χ4v) is 0.735. The Bertz CT molecular complexity index is 68.2. The lowest BCUT2D eigenvalue weighted by Crippen LogP contribution is -2.05. The van der Waals surface area contributed by atoms with Gasteiger partial charge in [0.15, 0.2) is 0 Å². The van der Waals surface area contributed by atoms with Crippen molar-refractivity contribution in [3.05, 3.63) is 0 Å². The molecule has 50 valence electrons. The molecule has 0 amide bonds. The highest BCUT2D eigenvalue weighted by molar-refractivity contribution is 7.59. The molecule has 0 fully saturated rings. The molecule has 1 unspecified atom stereocenters. The molecule has 0 rings (SSSR count). The standard InChI is InChI=1S/C4H12O3P/c1-3-4(2)8(5,6)7/h4-7H,3H2,1-2H3/q+1. The molecule has 0 saturated carbocycles. The first-order chi connectivity index (χ1) is 3.48. The number of rotatable bonds is 2. The molecule has 8 heavy (non-hydrogen) atoms. The Kier molecular flexibility index (Phi) is 2.84. The van der Waals surface area contributed by atoms with Gasteiger partial charge in [0.2, 0.25) is 0 Å². The van der Waals surface area contributed by atoms with Crippen LogP contribution in [0.5, 0.6) is 0 Å². The van der Waals surface area contributed by atoms with Gasteiger partial charge < -0.3 is 0 Å². The molecule has 1 atom stereocenters. The second kappa shape index (κ2) is 2.74. The van der Waals surface area contributed by atoms with Crippen molar-refractivity contribution >= 4 is 7.94 Å². The Hall–Kier alpha value is 0.310. The Balaban J connectivity index is 3.62. The van der Waals surface area contributed by atoms with Crippen LogP contribution in [0, 0.1) is 0 Å². The molecule has 0 aliphatic rings. The smallest absolute Gasteiger partial charge is 0.193 e. The predicted octanol–water partition coefficient (Wildman–Crippen LogP) is 0.524. The zero-order chi connectivity index (χ0) is 6.78. The minimum Gasteiger partial charge on any atom is -0.193 e. The van der Waals surface area contributed by atoms with Gasteiger partial charge in [0, 0.05) is 0 Å². The molecule has 0 saturated heterocycles. The van der Waals surface area contributed by atoms with E-state index in [-0.39, 0.29) is 5.66 Å². The van der Waals surface area contributed by atoms with E-state index in [0.717, 1.165) is 0 Å². The van der Waals surface area contributed by atoms with Crippen LogP contribution >= 0.6 is 7.94 Å². The van der Waals surface area contributed by atoms with Crippen LogP contribution in [0.4, 0.5) is 0 Å². The highest BCUT2D eigenvalue weighted by atomic mass is 31.2. The topological polar surface area (TPSA) is 60.7 Å². The average molecular weight is 139 g/mol. The molecule has 0 aromatic heterocycles. The van der Waals surface area contributed by atoms with Crippen molar-refractivity contribution in [2.75, 3.05) is 0 Å². The first-order valence-electron chi connectivity index (χ1n) is 2.55. The second-order valence-corrected chi connectivity index (χ2v) is 3.98. The molecule has 0 aliphatic carbocycles. The molecule has 0 radical (unpaired) electrons. The Labute approximate surface area is 49.6 Å². The van der Waals surface area contributed by atoms with Gasteiger partial charge >= 0.3 is 7.94 Å². The molecular weight excluding hydrogens is 127 g/mol. The zero-order valence-electron chi connectivity index (χ0n) is 5.07. The highest BCUT2D eigenvalue weighted by Crippen LogP contribution is 2.50. The Morgan fingerprint density at radius 3 is 1.75 bits per heavy atom. The van der Waals surface area contributed by atoms with Crippen molar-refractivity contribution in [3.63, 3.8) is 0 Å². The lowest BCUT2D eigenvalue weighted by molar-refractivity contribution is 0.316. The van der Waals surface area contributed by atoms with E-state index < -0.39 is 7.94 Å². The molecule has 0 aromatic rings. The van der Waals surface area contributed by atoms with Gasteiger partial charge in [0.05, 0.1) is 0 Å². The molecule has 0 aromatic carbocycles. The fraction of sp³-hybridized carbons (Fsp3) is 1.00. The summed E-state index contributed by atoms with van der Waals surface area (Å²) in [6.45, 7) is 3.40. The van der Waals surface area contributed by atoms with E-state index in [0.29, 0.717) is 6.42 Å². The highest BCUT2D eigenvalue weighted by Gasteiger charge is 2.36. The average Bonchev–Trinajstić information content (AvgIpc) is 1.62. The summed E-state index contributed by atoms with van der Waals surface area (Å²) in [5.41, 5.74) is -0.373. The Morgan fingerprint density at radius 2 is 1.75 bits per heavy atom. The number of hydrogen-bond acceptors (Lipinski definition) is 3. The summed E-state index contributed by atoms with van der Waals surface area (Å²) >= 11 is 0. The lowest BCUT2D eigenvalue weighted by Gasteiger charge is -2.08. The molecule has 0 heterocycles. The number of hydrogen-bond donors (Lipinski definition) is 3. The van der Waals surface area contributed by atoms with Gasteiger partial charge in [-0.2, -0.15) is 14.7 Å². The van der Waals surface area contributed by atoms with Crippen molar-refractivity contribution in [2.24, 2.45) is 0 Å².